The van der Waals surface area contributed by atoms with Gasteiger partial charge in [-0.2, -0.15) is 5.10 Å². The highest BCUT2D eigenvalue weighted by Gasteiger charge is 2.20. The van der Waals surface area contributed by atoms with E-state index >= 15 is 0 Å². The van der Waals surface area contributed by atoms with E-state index in [2.05, 4.69) is 10.5 Å². The van der Waals surface area contributed by atoms with Crippen molar-refractivity contribution in [2.24, 2.45) is 5.10 Å². The first-order valence-electron chi connectivity index (χ1n) is 6.40. The van der Waals surface area contributed by atoms with Crippen molar-refractivity contribution in [3.8, 4) is 11.5 Å². The van der Waals surface area contributed by atoms with E-state index in [4.69, 9.17) is 9.47 Å². The largest absolute Gasteiger partial charge is 0.493 e. The Morgan fingerprint density at radius 3 is 2.50 bits per heavy atom. The SMILES string of the molecule is COc1cc(C=NNc2ccccc2)cc([N+](=O)[O-])c1OC. The number of hydrogen-bond donors (Lipinski definition) is 1. The number of nitrogens with one attached hydrogen (secondary N) is 1. The average Bonchev–Trinajstić information content (AvgIpc) is 2.54. The number of nitro benzene ring substituents is 1. The molecule has 0 heterocycles. The molecule has 22 heavy (non-hydrogen) atoms. The Bertz CT molecular complexity index is 687. The van der Waals surface area contributed by atoms with Crippen LogP contribution in [-0.4, -0.2) is 25.4 Å². The van der Waals surface area contributed by atoms with Gasteiger partial charge in [0.1, 0.15) is 0 Å². The Morgan fingerprint density at radius 1 is 1.18 bits per heavy atom. The van der Waals surface area contributed by atoms with Gasteiger partial charge in [-0.05, 0) is 18.2 Å². The summed E-state index contributed by atoms with van der Waals surface area (Å²) < 4.78 is 10.2. The van der Waals surface area contributed by atoms with E-state index in [1.807, 2.05) is 30.3 Å². The van der Waals surface area contributed by atoms with Gasteiger partial charge in [-0.3, -0.25) is 15.5 Å². The summed E-state index contributed by atoms with van der Waals surface area (Å²) >= 11 is 0. The first-order valence-corrected chi connectivity index (χ1v) is 6.40. The van der Waals surface area contributed by atoms with Gasteiger partial charge in [-0.15, -0.1) is 0 Å². The summed E-state index contributed by atoms with van der Waals surface area (Å²) in [7, 11) is 2.78. The number of methoxy groups -OCH3 is 2. The van der Waals surface area contributed by atoms with Crippen LogP contribution in [0.2, 0.25) is 0 Å². The van der Waals surface area contributed by atoms with Crippen molar-refractivity contribution in [1.29, 1.82) is 0 Å². The van der Waals surface area contributed by atoms with E-state index in [1.165, 1.54) is 26.5 Å². The van der Waals surface area contributed by atoms with Gasteiger partial charge >= 0.3 is 5.69 Å². The lowest BCUT2D eigenvalue weighted by atomic mass is 10.2. The topological polar surface area (TPSA) is 86.0 Å². The van der Waals surface area contributed by atoms with Crippen LogP contribution in [0.25, 0.3) is 0 Å². The number of nitrogens with zero attached hydrogens (tertiary/aromatic N) is 2. The fraction of sp³-hybridized carbons (Fsp3) is 0.133. The Hall–Kier alpha value is -3.09. The zero-order chi connectivity index (χ0) is 15.9. The van der Waals surface area contributed by atoms with E-state index < -0.39 is 4.92 Å². The normalized spacial score (nSPS) is 10.5. The molecule has 0 bridgehead atoms. The molecule has 114 valence electrons. The van der Waals surface area contributed by atoms with Crippen LogP contribution in [0.1, 0.15) is 5.56 Å². The first-order chi connectivity index (χ1) is 10.7. The molecular formula is C15H15N3O4. The fourth-order valence-electron chi connectivity index (χ4n) is 1.87. The van der Waals surface area contributed by atoms with Crippen molar-refractivity contribution in [1.82, 2.24) is 0 Å². The van der Waals surface area contributed by atoms with Gasteiger partial charge in [-0.25, -0.2) is 0 Å². The fourth-order valence-corrected chi connectivity index (χ4v) is 1.87. The molecule has 0 fully saturated rings. The molecule has 1 N–H and O–H groups in total. The minimum Gasteiger partial charge on any atom is -0.493 e. The highest BCUT2D eigenvalue weighted by atomic mass is 16.6. The number of benzene rings is 2. The van der Waals surface area contributed by atoms with Crippen molar-refractivity contribution in [3.05, 3.63) is 58.1 Å². The van der Waals surface area contributed by atoms with Crippen LogP contribution in [-0.2, 0) is 0 Å². The lowest BCUT2D eigenvalue weighted by molar-refractivity contribution is -0.385. The summed E-state index contributed by atoms with van der Waals surface area (Å²) in [6.45, 7) is 0. The molecule has 0 aliphatic rings. The molecule has 0 atom stereocenters. The van der Waals surface area contributed by atoms with Gasteiger partial charge < -0.3 is 9.47 Å². The monoisotopic (exact) mass is 301 g/mol. The molecule has 0 amide bonds. The quantitative estimate of drug-likeness (QED) is 0.503. The summed E-state index contributed by atoms with van der Waals surface area (Å²) in [5, 5.41) is 15.2. The molecule has 0 aliphatic heterocycles. The number of anilines is 1. The van der Waals surface area contributed by atoms with Crippen molar-refractivity contribution >= 4 is 17.6 Å². The molecule has 0 unspecified atom stereocenters. The number of rotatable bonds is 6. The van der Waals surface area contributed by atoms with Crippen molar-refractivity contribution in [2.45, 2.75) is 0 Å². The molecule has 2 aromatic rings. The van der Waals surface area contributed by atoms with E-state index in [1.54, 1.807) is 6.07 Å². The Kier molecular flexibility index (Phi) is 4.92. The summed E-state index contributed by atoms with van der Waals surface area (Å²) in [5.74, 6) is 0.360. The molecule has 2 aromatic carbocycles. The second kappa shape index (κ2) is 7.07. The van der Waals surface area contributed by atoms with Crippen LogP contribution >= 0.6 is 0 Å². The standard InChI is InChI=1S/C15H15N3O4/c1-21-14-9-11(8-13(18(19)20)15(14)22-2)10-16-17-12-6-4-3-5-7-12/h3-10,17H,1-2H3. The minimum atomic E-state index is -0.524. The van der Waals surface area contributed by atoms with Gasteiger partial charge in [0.05, 0.1) is 31.0 Å². The number of ether oxygens (including phenoxy) is 2. The van der Waals surface area contributed by atoms with Crippen LogP contribution in [0.15, 0.2) is 47.6 Å². The maximum Gasteiger partial charge on any atom is 0.315 e. The van der Waals surface area contributed by atoms with E-state index in [9.17, 15) is 10.1 Å². The summed E-state index contributed by atoms with van der Waals surface area (Å²) in [6, 6.07) is 12.3. The van der Waals surface area contributed by atoms with Crippen molar-refractivity contribution < 1.29 is 14.4 Å². The molecule has 0 saturated carbocycles. The minimum absolute atomic E-state index is 0.0840. The number of hydrazone groups is 1. The van der Waals surface area contributed by atoms with Crippen molar-refractivity contribution in [3.63, 3.8) is 0 Å². The molecule has 2 rings (SSSR count). The van der Waals surface area contributed by atoms with E-state index in [0.29, 0.717) is 5.56 Å². The van der Waals surface area contributed by atoms with E-state index in [-0.39, 0.29) is 17.2 Å². The highest BCUT2D eigenvalue weighted by molar-refractivity contribution is 5.83. The zero-order valence-electron chi connectivity index (χ0n) is 12.1. The van der Waals surface area contributed by atoms with Gasteiger partial charge in [0.25, 0.3) is 0 Å². The number of hydrogen-bond acceptors (Lipinski definition) is 6. The smallest absolute Gasteiger partial charge is 0.315 e. The Balaban J connectivity index is 2.27. The van der Waals surface area contributed by atoms with Crippen LogP contribution in [0.3, 0.4) is 0 Å². The van der Waals surface area contributed by atoms with E-state index in [0.717, 1.165) is 5.69 Å². The predicted octanol–water partition coefficient (Wildman–Crippen LogP) is 3.06. The Labute approximate surface area is 127 Å². The van der Waals surface area contributed by atoms with Crippen LogP contribution in [0.5, 0.6) is 11.5 Å². The van der Waals surface area contributed by atoms with Crippen LogP contribution in [0, 0.1) is 10.1 Å². The second-order valence-electron chi connectivity index (χ2n) is 4.27. The van der Waals surface area contributed by atoms with Crippen LogP contribution in [0.4, 0.5) is 11.4 Å². The maximum atomic E-state index is 11.1. The number of para-hydroxylation sites is 1. The number of nitro groups is 1. The van der Waals surface area contributed by atoms with Gasteiger partial charge in [-0.1, -0.05) is 18.2 Å². The molecule has 7 nitrogen and oxygen atoms in total. The van der Waals surface area contributed by atoms with Gasteiger partial charge in [0.15, 0.2) is 5.75 Å². The van der Waals surface area contributed by atoms with Crippen molar-refractivity contribution in [2.75, 3.05) is 19.6 Å². The average molecular weight is 301 g/mol. The third-order valence-corrected chi connectivity index (χ3v) is 2.86. The third-order valence-electron chi connectivity index (χ3n) is 2.86. The zero-order valence-corrected chi connectivity index (χ0v) is 12.1. The molecule has 0 aliphatic carbocycles. The summed E-state index contributed by atoms with van der Waals surface area (Å²) in [4.78, 5) is 10.6. The predicted molar refractivity (Wildman–Crippen MR) is 83.9 cm³/mol. The highest BCUT2D eigenvalue weighted by Crippen LogP contribution is 2.37. The maximum absolute atomic E-state index is 11.1. The molecular weight excluding hydrogens is 286 g/mol. The lowest BCUT2D eigenvalue weighted by Crippen LogP contribution is -1.99. The molecule has 0 aromatic heterocycles. The second-order valence-corrected chi connectivity index (χ2v) is 4.27. The van der Waals surface area contributed by atoms with Crippen LogP contribution < -0.4 is 14.9 Å². The molecule has 0 radical (unpaired) electrons. The summed E-state index contributed by atoms with van der Waals surface area (Å²) in [5.41, 5.74) is 3.99. The first kappa shape index (κ1) is 15.3. The molecule has 0 saturated heterocycles. The lowest BCUT2D eigenvalue weighted by Gasteiger charge is -2.08. The third kappa shape index (κ3) is 3.51. The molecule has 7 heteroatoms. The Morgan fingerprint density at radius 2 is 1.91 bits per heavy atom. The van der Waals surface area contributed by atoms with Gasteiger partial charge in [0, 0.05) is 11.6 Å². The molecule has 0 spiro atoms. The summed E-state index contributed by atoms with van der Waals surface area (Å²) in [6.07, 6.45) is 1.47. The van der Waals surface area contributed by atoms with Gasteiger partial charge in [0.2, 0.25) is 5.75 Å².